The van der Waals surface area contributed by atoms with Crippen LogP contribution in [-0.2, 0) is 15.0 Å². The molecule has 1 saturated heterocycles. The number of hydrogen-bond donors (Lipinski definition) is 3. The number of piperidine rings is 1. The Labute approximate surface area is 227 Å². The second-order valence-electron chi connectivity index (χ2n) is 9.91. The molecule has 1 fully saturated rings. The summed E-state index contributed by atoms with van der Waals surface area (Å²) in [4.78, 5) is 52.0. The average Bonchev–Trinajstić information content (AvgIpc) is 3.40. The highest BCUT2D eigenvalue weighted by atomic mass is 16.2. The number of ketones is 1. The third-order valence-corrected chi connectivity index (χ3v) is 7.45. The van der Waals surface area contributed by atoms with Gasteiger partial charge in [0.25, 0.3) is 5.91 Å². The first-order valence-corrected chi connectivity index (χ1v) is 13.2. The molecule has 3 heterocycles. The van der Waals surface area contributed by atoms with Crippen molar-refractivity contribution in [3.63, 3.8) is 0 Å². The van der Waals surface area contributed by atoms with E-state index in [1.54, 1.807) is 17.9 Å². The molecule has 1 aliphatic rings. The first-order chi connectivity index (χ1) is 18.9. The Morgan fingerprint density at radius 3 is 2.23 bits per heavy atom. The van der Waals surface area contributed by atoms with Crippen molar-refractivity contribution in [1.82, 2.24) is 25.2 Å². The molecule has 0 spiro atoms. The number of likely N-dealkylation sites (tertiary alicyclic amines) is 1. The van der Waals surface area contributed by atoms with E-state index in [1.165, 1.54) is 6.92 Å². The van der Waals surface area contributed by atoms with Crippen molar-refractivity contribution in [3.05, 3.63) is 78.0 Å². The van der Waals surface area contributed by atoms with E-state index in [2.05, 4.69) is 15.6 Å². The summed E-state index contributed by atoms with van der Waals surface area (Å²) in [6, 6.07) is 21.3. The quantitative estimate of drug-likeness (QED) is 0.301. The standard InChI is InChI=1S/C30H32N6O3/c1-20(37)30(23-11-7-4-8-12-23)13-17-36(18-14-30)29(39)25-19-24-27(32-16-15-31-21(2)38)34-26(35-28(24)33-25)22-9-5-3-6-10-22/h3-12,19H,13-18H2,1-2H3,(H,31,38)(H2,32,33,34,35). The highest BCUT2D eigenvalue weighted by molar-refractivity contribution is 6.00. The van der Waals surface area contributed by atoms with Crippen LogP contribution in [0.25, 0.3) is 22.4 Å². The lowest BCUT2D eigenvalue weighted by atomic mass is 9.70. The molecule has 0 unspecified atom stereocenters. The molecule has 9 nitrogen and oxygen atoms in total. The maximum absolute atomic E-state index is 13.6. The lowest BCUT2D eigenvalue weighted by molar-refractivity contribution is -0.124. The summed E-state index contributed by atoms with van der Waals surface area (Å²) < 4.78 is 0. The fourth-order valence-corrected chi connectivity index (χ4v) is 5.26. The van der Waals surface area contributed by atoms with Crippen LogP contribution in [0.3, 0.4) is 0 Å². The van der Waals surface area contributed by atoms with E-state index in [0.29, 0.717) is 67.4 Å². The van der Waals surface area contributed by atoms with Crippen molar-refractivity contribution >= 4 is 34.4 Å². The molecule has 2 aromatic heterocycles. The molecule has 3 N–H and O–H groups in total. The Morgan fingerprint density at radius 1 is 0.923 bits per heavy atom. The summed E-state index contributed by atoms with van der Waals surface area (Å²) in [6.45, 7) is 4.97. The molecule has 4 aromatic rings. The zero-order chi connectivity index (χ0) is 27.4. The van der Waals surface area contributed by atoms with Gasteiger partial charge in [0.1, 0.15) is 22.9 Å². The molecular formula is C30H32N6O3. The highest BCUT2D eigenvalue weighted by Crippen LogP contribution is 2.37. The average molecular weight is 525 g/mol. The summed E-state index contributed by atoms with van der Waals surface area (Å²) in [6.07, 6.45) is 1.15. The lowest BCUT2D eigenvalue weighted by Gasteiger charge is -2.40. The molecule has 0 atom stereocenters. The van der Waals surface area contributed by atoms with Crippen LogP contribution >= 0.6 is 0 Å². The van der Waals surface area contributed by atoms with Gasteiger partial charge in [-0.25, -0.2) is 9.97 Å². The Hall–Kier alpha value is -4.53. The van der Waals surface area contributed by atoms with Crippen LogP contribution in [0.2, 0.25) is 0 Å². The van der Waals surface area contributed by atoms with Gasteiger partial charge in [-0.3, -0.25) is 14.4 Å². The lowest BCUT2D eigenvalue weighted by Crippen LogP contribution is -2.48. The van der Waals surface area contributed by atoms with Crippen molar-refractivity contribution < 1.29 is 14.4 Å². The number of Topliss-reactive ketones (excluding diaryl/α,β-unsaturated/α-hetero) is 1. The molecule has 2 amide bonds. The minimum atomic E-state index is -0.570. The van der Waals surface area contributed by atoms with Crippen molar-refractivity contribution in [3.8, 4) is 11.4 Å². The topological polar surface area (TPSA) is 120 Å². The molecule has 0 saturated carbocycles. The van der Waals surface area contributed by atoms with Gasteiger partial charge in [-0.15, -0.1) is 0 Å². The number of hydrogen-bond acceptors (Lipinski definition) is 6. The predicted molar refractivity (Wildman–Crippen MR) is 150 cm³/mol. The molecule has 0 bridgehead atoms. The van der Waals surface area contributed by atoms with Crippen molar-refractivity contribution in [2.45, 2.75) is 32.1 Å². The van der Waals surface area contributed by atoms with E-state index < -0.39 is 5.41 Å². The van der Waals surface area contributed by atoms with Crippen molar-refractivity contribution in [2.75, 3.05) is 31.5 Å². The van der Waals surface area contributed by atoms with E-state index in [-0.39, 0.29) is 17.6 Å². The maximum atomic E-state index is 13.6. The Kier molecular flexibility index (Phi) is 7.40. The van der Waals surface area contributed by atoms with Crippen LogP contribution in [0.4, 0.5) is 5.82 Å². The van der Waals surface area contributed by atoms with Gasteiger partial charge in [0.15, 0.2) is 5.82 Å². The predicted octanol–water partition coefficient (Wildman–Crippen LogP) is 3.94. The summed E-state index contributed by atoms with van der Waals surface area (Å²) in [5.41, 5.74) is 2.26. The first-order valence-electron chi connectivity index (χ1n) is 13.2. The number of benzene rings is 2. The SMILES string of the molecule is CC(=O)NCCNc1nc(-c2ccccc2)nc2[nH]c(C(=O)N3CCC(C(C)=O)(c4ccccc4)CC3)cc12. The van der Waals surface area contributed by atoms with Gasteiger partial charge >= 0.3 is 0 Å². The van der Waals surface area contributed by atoms with Gasteiger partial charge in [0.2, 0.25) is 5.91 Å². The van der Waals surface area contributed by atoms with Crippen LogP contribution in [-0.4, -0.2) is 63.6 Å². The van der Waals surface area contributed by atoms with Gasteiger partial charge in [0, 0.05) is 38.7 Å². The highest BCUT2D eigenvalue weighted by Gasteiger charge is 2.41. The largest absolute Gasteiger partial charge is 0.368 e. The van der Waals surface area contributed by atoms with Crippen LogP contribution in [0, 0.1) is 0 Å². The Morgan fingerprint density at radius 2 is 1.59 bits per heavy atom. The molecule has 0 radical (unpaired) electrons. The number of aromatic amines is 1. The van der Waals surface area contributed by atoms with E-state index in [4.69, 9.17) is 9.97 Å². The zero-order valence-corrected chi connectivity index (χ0v) is 22.2. The minimum absolute atomic E-state index is 0.105. The van der Waals surface area contributed by atoms with Crippen molar-refractivity contribution in [2.24, 2.45) is 0 Å². The Balaban J connectivity index is 1.40. The number of carbonyl (C=O) groups is 3. The fraction of sp³-hybridized carbons (Fsp3) is 0.300. The molecule has 2 aromatic carbocycles. The van der Waals surface area contributed by atoms with E-state index >= 15 is 0 Å². The number of aromatic nitrogens is 3. The molecule has 9 heteroatoms. The van der Waals surface area contributed by atoms with Crippen LogP contribution < -0.4 is 10.6 Å². The molecule has 39 heavy (non-hydrogen) atoms. The normalized spacial score (nSPS) is 14.7. The maximum Gasteiger partial charge on any atom is 0.270 e. The molecule has 200 valence electrons. The number of nitrogens with zero attached hydrogens (tertiary/aromatic N) is 3. The van der Waals surface area contributed by atoms with Crippen LogP contribution in [0.1, 0.15) is 42.7 Å². The van der Waals surface area contributed by atoms with E-state index in [1.807, 2.05) is 60.7 Å². The summed E-state index contributed by atoms with van der Waals surface area (Å²) in [5.74, 6) is 0.997. The third-order valence-electron chi connectivity index (χ3n) is 7.45. The van der Waals surface area contributed by atoms with Gasteiger partial charge in [-0.05, 0) is 31.4 Å². The Bertz CT molecular complexity index is 1490. The molecule has 1 aliphatic heterocycles. The van der Waals surface area contributed by atoms with Gasteiger partial charge in [-0.1, -0.05) is 60.7 Å². The van der Waals surface area contributed by atoms with Crippen molar-refractivity contribution in [1.29, 1.82) is 0 Å². The van der Waals surface area contributed by atoms with Crippen LogP contribution in [0.15, 0.2) is 66.7 Å². The number of carbonyl (C=O) groups excluding carboxylic acids is 3. The summed E-state index contributed by atoms with van der Waals surface area (Å²) in [7, 11) is 0. The first kappa shape index (κ1) is 26.1. The molecular weight excluding hydrogens is 492 g/mol. The zero-order valence-electron chi connectivity index (χ0n) is 22.2. The van der Waals surface area contributed by atoms with Crippen LogP contribution in [0.5, 0.6) is 0 Å². The number of rotatable bonds is 8. The number of nitrogens with one attached hydrogen (secondary N) is 3. The number of H-pyrrole nitrogens is 1. The van der Waals surface area contributed by atoms with Gasteiger partial charge in [-0.2, -0.15) is 0 Å². The third kappa shape index (κ3) is 5.38. The fourth-order valence-electron chi connectivity index (χ4n) is 5.26. The number of anilines is 1. The molecule has 0 aliphatic carbocycles. The number of fused-ring (bicyclic) bond motifs is 1. The number of amides is 2. The van der Waals surface area contributed by atoms with Gasteiger partial charge in [0.05, 0.1) is 10.8 Å². The second kappa shape index (κ2) is 11.1. The van der Waals surface area contributed by atoms with Gasteiger partial charge < -0.3 is 20.5 Å². The second-order valence-corrected chi connectivity index (χ2v) is 9.91. The minimum Gasteiger partial charge on any atom is -0.368 e. The summed E-state index contributed by atoms with van der Waals surface area (Å²) in [5, 5.41) is 6.74. The monoisotopic (exact) mass is 524 g/mol. The van der Waals surface area contributed by atoms with E-state index in [9.17, 15) is 14.4 Å². The molecule has 5 rings (SSSR count). The summed E-state index contributed by atoms with van der Waals surface area (Å²) >= 11 is 0. The van der Waals surface area contributed by atoms with E-state index in [0.717, 1.165) is 11.1 Å². The smallest absolute Gasteiger partial charge is 0.270 e.